The van der Waals surface area contributed by atoms with E-state index in [4.69, 9.17) is 5.73 Å². The Morgan fingerprint density at radius 3 is 3.05 bits per heavy atom. The van der Waals surface area contributed by atoms with Crippen molar-refractivity contribution in [2.75, 3.05) is 11.9 Å². The Kier molecular flexibility index (Phi) is 4.50. The van der Waals surface area contributed by atoms with Crippen molar-refractivity contribution >= 4 is 33.1 Å². The molecule has 0 aliphatic heterocycles. The van der Waals surface area contributed by atoms with E-state index >= 15 is 0 Å². The average molecular weight is 277 g/mol. The topological polar surface area (TPSA) is 68.0 Å². The molecule has 0 fully saturated rings. The van der Waals surface area contributed by atoms with Crippen LogP contribution in [-0.2, 0) is 4.79 Å². The van der Waals surface area contributed by atoms with E-state index in [2.05, 4.69) is 10.3 Å². The summed E-state index contributed by atoms with van der Waals surface area (Å²) in [4.78, 5) is 16.4. The first-order valence-corrected chi connectivity index (χ1v) is 7.30. The number of anilines is 1. The van der Waals surface area contributed by atoms with E-state index in [1.807, 2.05) is 32.0 Å². The fourth-order valence-corrected chi connectivity index (χ4v) is 2.80. The van der Waals surface area contributed by atoms with Gasteiger partial charge in [-0.2, -0.15) is 0 Å². The number of hydrogen-bond donors (Lipinski definition) is 2. The smallest absolute Gasteiger partial charge is 0.227 e. The second kappa shape index (κ2) is 6.12. The Morgan fingerprint density at radius 1 is 1.53 bits per heavy atom. The van der Waals surface area contributed by atoms with Crippen LogP contribution in [0.1, 0.15) is 24.8 Å². The Hall–Kier alpha value is -1.46. The highest BCUT2D eigenvalue weighted by molar-refractivity contribution is 7.18. The normalized spacial score (nSPS) is 12.6. The van der Waals surface area contributed by atoms with Gasteiger partial charge in [0.1, 0.15) is 0 Å². The predicted molar refractivity (Wildman–Crippen MR) is 80.4 cm³/mol. The summed E-state index contributed by atoms with van der Waals surface area (Å²) in [6.07, 6.45) is 1.70. The number of benzene rings is 1. The van der Waals surface area contributed by atoms with E-state index in [-0.39, 0.29) is 11.8 Å². The first-order chi connectivity index (χ1) is 9.10. The zero-order chi connectivity index (χ0) is 13.8. The standard InChI is InChI=1S/C14H19N3OS/c1-9(4-3-7-15)14(18)17-11-5-6-12-13(8-11)19-10(2)16-12/h5-6,8-9H,3-4,7,15H2,1-2H3,(H,17,18). The van der Waals surface area contributed by atoms with Crippen LogP contribution in [0.25, 0.3) is 10.2 Å². The van der Waals surface area contributed by atoms with Crippen LogP contribution < -0.4 is 11.1 Å². The minimum absolute atomic E-state index is 0.0116. The molecule has 4 nitrogen and oxygen atoms in total. The number of nitrogens with two attached hydrogens (primary N) is 1. The van der Waals surface area contributed by atoms with Crippen LogP contribution >= 0.6 is 11.3 Å². The quantitative estimate of drug-likeness (QED) is 0.883. The fraction of sp³-hybridized carbons (Fsp3) is 0.429. The number of amides is 1. The van der Waals surface area contributed by atoms with E-state index in [1.165, 1.54) is 0 Å². The van der Waals surface area contributed by atoms with Crippen LogP contribution in [0, 0.1) is 12.8 Å². The van der Waals surface area contributed by atoms with Crippen molar-refractivity contribution in [1.29, 1.82) is 0 Å². The zero-order valence-corrected chi connectivity index (χ0v) is 12.1. The molecule has 2 rings (SSSR count). The van der Waals surface area contributed by atoms with Crippen molar-refractivity contribution in [1.82, 2.24) is 4.98 Å². The van der Waals surface area contributed by atoms with Crippen LogP contribution in [-0.4, -0.2) is 17.4 Å². The van der Waals surface area contributed by atoms with E-state index < -0.39 is 0 Å². The number of hydrogen-bond acceptors (Lipinski definition) is 4. The molecule has 102 valence electrons. The third-order valence-electron chi connectivity index (χ3n) is 3.05. The molecule has 1 atom stereocenters. The van der Waals surface area contributed by atoms with Gasteiger partial charge in [0.15, 0.2) is 0 Å². The number of aryl methyl sites for hydroxylation is 1. The monoisotopic (exact) mass is 277 g/mol. The summed E-state index contributed by atoms with van der Waals surface area (Å²) < 4.78 is 1.10. The number of thiazole rings is 1. The molecule has 0 bridgehead atoms. The highest BCUT2D eigenvalue weighted by atomic mass is 32.1. The van der Waals surface area contributed by atoms with Crippen LogP contribution in [0.4, 0.5) is 5.69 Å². The first-order valence-electron chi connectivity index (χ1n) is 6.48. The van der Waals surface area contributed by atoms with Gasteiger partial charge in [-0.15, -0.1) is 11.3 Å². The van der Waals surface area contributed by atoms with Crippen molar-refractivity contribution in [3.63, 3.8) is 0 Å². The summed E-state index contributed by atoms with van der Waals surface area (Å²) in [5, 5.41) is 3.99. The molecule has 1 aromatic heterocycles. The maximum atomic E-state index is 12.0. The van der Waals surface area contributed by atoms with Gasteiger partial charge in [0.25, 0.3) is 0 Å². The highest BCUT2D eigenvalue weighted by Crippen LogP contribution is 2.25. The molecular formula is C14H19N3OS. The first kappa shape index (κ1) is 14.0. The third-order valence-corrected chi connectivity index (χ3v) is 3.99. The molecular weight excluding hydrogens is 258 g/mol. The molecule has 19 heavy (non-hydrogen) atoms. The molecule has 0 aliphatic rings. The van der Waals surface area contributed by atoms with Gasteiger partial charge < -0.3 is 11.1 Å². The average Bonchev–Trinajstić information content (AvgIpc) is 2.75. The lowest BCUT2D eigenvalue weighted by molar-refractivity contribution is -0.119. The maximum absolute atomic E-state index is 12.0. The van der Waals surface area contributed by atoms with Crippen molar-refractivity contribution in [3.8, 4) is 0 Å². The van der Waals surface area contributed by atoms with E-state index in [1.54, 1.807) is 11.3 Å². The van der Waals surface area contributed by atoms with Gasteiger partial charge >= 0.3 is 0 Å². The van der Waals surface area contributed by atoms with Gasteiger partial charge in [0.05, 0.1) is 15.2 Å². The number of aromatic nitrogens is 1. The molecule has 2 aromatic rings. The Balaban J connectivity index is 2.06. The number of fused-ring (bicyclic) bond motifs is 1. The van der Waals surface area contributed by atoms with E-state index in [0.717, 1.165) is 33.8 Å². The Morgan fingerprint density at radius 2 is 2.32 bits per heavy atom. The molecule has 1 amide bonds. The van der Waals surface area contributed by atoms with Crippen LogP contribution in [0.15, 0.2) is 18.2 Å². The van der Waals surface area contributed by atoms with Gasteiger partial charge in [-0.1, -0.05) is 6.92 Å². The molecule has 1 heterocycles. The summed E-state index contributed by atoms with van der Waals surface area (Å²) in [6.45, 7) is 4.54. The molecule has 1 aromatic carbocycles. The van der Waals surface area contributed by atoms with Crippen molar-refractivity contribution < 1.29 is 4.79 Å². The van der Waals surface area contributed by atoms with Crippen molar-refractivity contribution in [3.05, 3.63) is 23.2 Å². The van der Waals surface area contributed by atoms with E-state index in [0.29, 0.717) is 6.54 Å². The second-order valence-corrected chi connectivity index (χ2v) is 5.97. The fourth-order valence-electron chi connectivity index (χ4n) is 1.94. The molecule has 0 saturated carbocycles. The van der Waals surface area contributed by atoms with Gasteiger partial charge in [-0.25, -0.2) is 4.98 Å². The Bertz CT molecular complexity index is 579. The maximum Gasteiger partial charge on any atom is 0.227 e. The van der Waals surface area contributed by atoms with Crippen molar-refractivity contribution in [2.24, 2.45) is 11.7 Å². The number of rotatable bonds is 5. The lowest BCUT2D eigenvalue weighted by Crippen LogP contribution is -2.21. The lowest BCUT2D eigenvalue weighted by atomic mass is 10.0. The number of carbonyl (C=O) groups excluding carboxylic acids is 1. The summed E-state index contributed by atoms with van der Waals surface area (Å²) in [5.74, 6) is 0.0384. The SMILES string of the molecule is Cc1nc2ccc(NC(=O)C(C)CCCN)cc2s1. The highest BCUT2D eigenvalue weighted by Gasteiger charge is 2.12. The van der Waals surface area contributed by atoms with Gasteiger partial charge in [-0.05, 0) is 44.5 Å². The molecule has 0 radical (unpaired) electrons. The lowest BCUT2D eigenvalue weighted by Gasteiger charge is -2.11. The third kappa shape index (κ3) is 3.52. The van der Waals surface area contributed by atoms with Gasteiger partial charge in [-0.3, -0.25) is 4.79 Å². The number of carbonyl (C=O) groups is 1. The van der Waals surface area contributed by atoms with Crippen LogP contribution in [0.5, 0.6) is 0 Å². The second-order valence-electron chi connectivity index (χ2n) is 4.74. The molecule has 0 saturated heterocycles. The largest absolute Gasteiger partial charge is 0.330 e. The number of nitrogens with zero attached hydrogens (tertiary/aromatic N) is 1. The van der Waals surface area contributed by atoms with Gasteiger partial charge in [0.2, 0.25) is 5.91 Å². The summed E-state index contributed by atoms with van der Waals surface area (Å²) in [7, 11) is 0. The summed E-state index contributed by atoms with van der Waals surface area (Å²) in [6, 6.07) is 5.82. The predicted octanol–water partition coefficient (Wildman–Crippen LogP) is 2.92. The minimum atomic E-state index is -0.0116. The van der Waals surface area contributed by atoms with E-state index in [9.17, 15) is 4.79 Å². The number of nitrogens with one attached hydrogen (secondary N) is 1. The van der Waals surface area contributed by atoms with Crippen LogP contribution in [0.3, 0.4) is 0 Å². The molecule has 0 aliphatic carbocycles. The Labute approximate surface area is 117 Å². The molecule has 5 heteroatoms. The van der Waals surface area contributed by atoms with Gasteiger partial charge in [0, 0.05) is 11.6 Å². The molecule has 0 spiro atoms. The van der Waals surface area contributed by atoms with Crippen molar-refractivity contribution in [2.45, 2.75) is 26.7 Å². The molecule has 1 unspecified atom stereocenters. The molecule has 3 N–H and O–H groups in total. The zero-order valence-electron chi connectivity index (χ0n) is 11.3. The van der Waals surface area contributed by atoms with Crippen LogP contribution in [0.2, 0.25) is 0 Å². The summed E-state index contributed by atoms with van der Waals surface area (Å²) >= 11 is 1.64. The summed E-state index contributed by atoms with van der Waals surface area (Å²) in [5.41, 5.74) is 7.27. The minimum Gasteiger partial charge on any atom is -0.330 e.